The fourth-order valence-corrected chi connectivity index (χ4v) is 1.98. The summed E-state index contributed by atoms with van der Waals surface area (Å²) >= 11 is 0. The Balaban J connectivity index is 1.89. The van der Waals surface area contributed by atoms with E-state index in [2.05, 4.69) is 4.90 Å². The lowest BCUT2D eigenvalue weighted by Crippen LogP contribution is -2.55. The summed E-state index contributed by atoms with van der Waals surface area (Å²) in [5.41, 5.74) is -0.964. The molecule has 1 unspecified atom stereocenters. The van der Waals surface area contributed by atoms with Gasteiger partial charge < -0.3 is 4.74 Å². The largest absolute Gasteiger partial charge is 0.378 e. The van der Waals surface area contributed by atoms with Gasteiger partial charge in [0, 0.05) is 6.54 Å². The van der Waals surface area contributed by atoms with E-state index in [-0.39, 0.29) is 0 Å². The first-order chi connectivity index (χ1) is 5.67. The van der Waals surface area contributed by atoms with Crippen molar-refractivity contribution in [3.8, 4) is 0 Å². The molecule has 0 aromatic carbocycles. The lowest BCUT2D eigenvalue weighted by atomic mass is 9.95. The Bertz CT molecular complexity index is 168. The molecule has 1 atom stereocenters. The van der Waals surface area contributed by atoms with Gasteiger partial charge in [-0.25, -0.2) is 4.39 Å². The van der Waals surface area contributed by atoms with Crippen LogP contribution in [0.15, 0.2) is 0 Å². The minimum atomic E-state index is -0.964. The van der Waals surface area contributed by atoms with E-state index in [0.717, 1.165) is 32.6 Å². The third kappa shape index (κ3) is 1.62. The summed E-state index contributed by atoms with van der Waals surface area (Å²) < 4.78 is 18.7. The minimum absolute atomic E-state index is 0.500. The predicted molar refractivity (Wildman–Crippen MR) is 44.9 cm³/mol. The lowest BCUT2D eigenvalue weighted by Gasteiger charge is -2.43. The van der Waals surface area contributed by atoms with Crippen LogP contribution >= 0.6 is 0 Å². The fraction of sp³-hybridized carbons (Fsp3) is 1.00. The Kier molecular flexibility index (Phi) is 2.09. The molecule has 0 spiro atoms. The van der Waals surface area contributed by atoms with Gasteiger partial charge in [-0.15, -0.1) is 0 Å². The van der Waals surface area contributed by atoms with Gasteiger partial charge in [-0.1, -0.05) is 0 Å². The van der Waals surface area contributed by atoms with Crippen LogP contribution in [0.4, 0.5) is 4.39 Å². The van der Waals surface area contributed by atoms with Crippen molar-refractivity contribution in [2.24, 2.45) is 0 Å². The summed E-state index contributed by atoms with van der Waals surface area (Å²) in [6, 6.07) is 0.500. The lowest BCUT2D eigenvalue weighted by molar-refractivity contribution is -0.0900. The second-order valence-corrected chi connectivity index (χ2v) is 4.18. The molecule has 0 bridgehead atoms. The number of hydrogen-bond acceptors (Lipinski definition) is 2. The molecule has 2 saturated heterocycles. The van der Waals surface area contributed by atoms with E-state index in [1.54, 1.807) is 6.92 Å². The zero-order valence-corrected chi connectivity index (χ0v) is 7.55. The highest BCUT2D eigenvalue weighted by Crippen LogP contribution is 2.27. The van der Waals surface area contributed by atoms with Crippen LogP contribution in [0.1, 0.15) is 19.8 Å². The Labute approximate surface area is 72.7 Å². The number of hydrogen-bond donors (Lipinski definition) is 0. The van der Waals surface area contributed by atoms with Crippen molar-refractivity contribution >= 4 is 0 Å². The van der Waals surface area contributed by atoms with Crippen LogP contribution in [0.5, 0.6) is 0 Å². The van der Waals surface area contributed by atoms with Gasteiger partial charge in [0.05, 0.1) is 19.3 Å². The smallest absolute Gasteiger partial charge is 0.120 e. The summed E-state index contributed by atoms with van der Waals surface area (Å²) in [4.78, 5) is 2.23. The van der Waals surface area contributed by atoms with Gasteiger partial charge in [-0.3, -0.25) is 4.90 Å². The molecule has 2 nitrogen and oxygen atoms in total. The Morgan fingerprint density at radius 3 is 2.75 bits per heavy atom. The second-order valence-electron chi connectivity index (χ2n) is 4.18. The van der Waals surface area contributed by atoms with E-state index in [1.807, 2.05) is 0 Å². The monoisotopic (exact) mass is 173 g/mol. The highest BCUT2D eigenvalue weighted by Gasteiger charge is 2.36. The maximum absolute atomic E-state index is 13.6. The molecule has 0 N–H and O–H groups in total. The first-order valence-corrected chi connectivity index (χ1v) is 4.68. The molecule has 2 aliphatic rings. The highest BCUT2D eigenvalue weighted by atomic mass is 19.1. The Morgan fingerprint density at radius 2 is 2.25 bits per heavy atom. The van der Waals surface area contributed by atoms with E-state index in [1.165, 1.54) is 0 Å². The Hall–Kier alpha value is -0.150. The molecule has 0 radical (unpaired) electrons. The second kappa shape index (κ2) is 2.96. The zero-order chi connectivity index (χ0) is 8.60. The molecule has 0 saturated carbocycles. The first-order valence-electron chi connectivity index (χ1n) is 4.68. The van der Waals surface area contributed by atoms with Crippen LogP contribution in [-0.2, 0) is 4.74 Å². The molecule has 0 amide bonds. The molecule has 2 heterocycles. The average molecular weight is 173 g/mol. The molecule has 0 aliphatic carbocycles. The van der Waals surface area contributed by atoms with Crippen molar-refractivity contribution in [2.45, 2.75) is 31.5 Å². The van der Waals surface area contributed by atoms with Crippen LogP contribution in [0, 0.1) is 0 Å². The van der Waals surface area contributed by atoms with Gasteiger partial charge in [-0.2, -0.15) is 0 Å². The molecular weight excluding hydrogens is 157 g/mol. The molecular formula is C9H16FNO. The Morgan fingerprint density at radius 1 is 1.50 bits per heavy atom. The fourth-order valence-electron chi connectivity index (χ4n) is 1.98. The van der Waals surface area contributed by atoms with Crippen molar-refractivity contribution in [3.05, 3.63) is 0 Å². The van der Waals surface area contributed by atoms with E-state index in [9.17, 15) is 4.39 Å². The minimum Gasteiger partial charge on any atom is -0.378 e. The molecule has 2 rings (SSSR count). The van der Waals surface area contributed by atoms with Crippen molar-refractivity contribution in [1.29, 1.82) is 0 Å². The van der Waals surface area contributed by atoms with Gasteiger partial charge >= 0.3 is 0 Å². The van der Waals surface area contributed by atoms with Crippen molar-refractivity contribution in [3.63, 3.8) is 0 Å². The maximum Gasteiger partial charge on any atom is 0.120 e. The van der Waals surface area contributed by atoms with E-state index in [0.29, 0.717) is 12.6 Å². The van der Waals surface area contributed by atoms with Crippen molar-refractivity contribution in [2.75, 3.05) is 26.3 Å². The molecule has 0 aromatic heterocycles. The van der Waals surface area contributed by atoms with Gasteiger partial charge in [-0.05, 0) is 26.3 Å². The molecule has 3 heteroatoms. The number of ether oxygens (including phenoxy) is 1. The molecule has 2 fully saturated rings. The molecule has 2 aliphatic heterocycles. The summed E-state index contributed by atoms with van der Waals surface area (Å²) in [6.07, 6.45) is 1.71. The van der Waals surface area contributed by atoms with Gasteiger partial charge in [0.1, 0.15) is 5.67 Å². The molecule has 0 aromatic rings. The van der Waals surface area contributed by atoms with Gasteiger partial charge in [0.2, 0.25) is 0 Å². The normalized spacial score (nSPS) is 39.5. The van der Waals surface area contributed by atoms with Crippen molar-refractivity contribution in [1.82, 2.24) is 4.90 Å². The van der Waals surface area contributed by atoms with Gasteiger partial charge in [0.25, 0.3) is 0 Å². The highest BCUT2D eigenvalue weighted by molar-refractivity contribution is 4.88. The number of halogens is 1. The third-order valence-corrected chi connectivity index (χ3v) is 2.81. The third-order valence-electron chi connectivity index (χ3n) is 2.81. The summed E-state index contributed by atoms with van der Waals surface area (Å²) in [6.45, 7) is 4.96. The molecule has 70 valence electrons. The first kappa shape index (κ1) is 8.45. The SMILES string of the molecule is CC1(F)CCCN(C2COC2)C1. The van der Waals surface area contributed by atoms with Crippen LogP contribution < -0.4 is 0 Å². The predicted octanol–water partition coefficient (Wildman–Crippen LogP) is 1.21. The quantitative estimate of drug-likeness (QED) is 0.591. The summed E-state index contributed by atoms with van der Waals surface area (Å²) in [5, 5.41) is 0. The number of alkyl halides is 1. The summed E-state index contributed by atoms with van der Waals surface area (Å²) in [5.74, 6) is 0. The number of likely N-dealkylation sites (tertiary alicyclic amines) is 1. The van der Waals surface area contributed by atoms with Crippen LogP contribution in [-0.4, -0.2) is 42.9 Å². The van der Waals surface area contributed by atoms with E-state index >= 15 is 0 Å². The number of piperidine rings is 1. The maximum atomic E-state index is 13.6. The number of rotatable bonds is 1. The average Bonchev–Trinajstić information content (AvgIpc) is 1.80. The topological polar surface area (TPSA) is 12.5 Å². The number of nitrogens with zero attached hydrogens (tertiary/aromatic N) is 1. The van der Waals surface area contributed by atoms with Crippen LogP contribution in [0.25, 0.3) is 0 Å². The molecule has 12 heavy (non-hydrogen) atoms. The van der Waals surface area contributed by atoms with E-state index in [4.69, 9.17) is 4.74 Å². The van der Waals surface area contributed by atoms with E-state index < -0.39 is 5.67 Å². The van der Waals surface area contributed by atoms with Crippen LogP contribution in [0.3, 0.4) is 0 Å². The summed E-state index contributed by atoms with van der Waals surface area (Å²) in [7, 11) is 0. The van der Waals surface area contributed by atoms with Crippen molar-refractivity contribution < 1.29 is 9.13 Å². The van der Waals surface area contributed by atoms with Gasteiger partial charge in [0.15, 0.2) is 0 Å². The standard InChI is InChI=1S/C9H16FNO/c1-9(10)3-2-4-11(7-9)8-5-12-6-8/h8H,2-7H2,1H3. The zero-order valence-electron chi connectivity index (χ0n) is 7.55. The van der Waals surface area contributed by atoms with Crippen LogP contribution in [0.2, 0.25) is 0 Å².